The van der Waals surface area contributed by atoms with Crippen LogP contribution in [0.1, 0.15) is 33.1 Å². The highest BCUT2D eigenvalue weighted by atomic mass is 19.4. The fraction of sp³-hybridized carbons (Fsp3) is 1.00. The van der Waals surface area contributed by atoms with Crippen LogP contribution < -0.4 is 0 Å². The van der Waals surface area contributed by atoms with E-state index in [4.69, 9.17) is 0 Å². The highest BCUT2D eigenvalue weighted by Crippen LogP contribution is 2.15. The second-order valence-corrected chi connectivity index (χ2v) is 4.09. The summed E-state index contributed by atoms with van der Waals surface area (Å²) in [5.41, 5.74) is 0. The number of hydrogen-bond acceptors (Lipinski definition) is 2. The van der Waals surface area contributed by atoms with Crippen LogP contribution >= 0.6 is 0 Å². The molecule has 5 heteroatoms. The summed E-state index contributed by atoms with van der Waals surface area (Å²) in [4.78, 5) is 0. The zero-order chi connectivity index (χ0) is 11.9. The number of rotatable bonds is 7. The zero-order valence-electron chi connectivity index (χ0n) is 9.18. The van der Waals surface area contributed by atoms with Crippen molar-refractivity contribution in [2.75, 3.05) is 13.2 Å². The first-order valence-electron chi connectivity index (χ1n) is 5.14. The Balaban J connectivity index is 3.31. The van der Waals surface area contributed by atoms with Gasteiger partial charge in [-0.25, -0.2) is 0 Å². The SMILES string of the molecule is CC(C)CC(O)CCCOCC(F)(F)F. The molecule has 0 aromatic rings. The molecule has 0 rings (SSSR count). The first-order chi connectivity index (χ1) is 6.81. The highest BCUT2D eigenvalue weighted by molar-refractivity contribution is 4.58. The Morgan fingerprint density at radius 1 is 1.27 bits per heavy atom. The fourth-order valence-electron chi connectivity index (χ4n) is 1.27. The lowest BCUT2D eigenvalue weighted by Gasteiger charge is -2.13. The van der Waals surface area contributed by atoms with Crippen LogP contribution in [0, 0.1) is 5.92 Å². The predicted molar refractivity (Wildman–Crippen MR) is 51.6 cm³/mol. The van der Waals surface area contributed by atoms with Crippen LogP contribution in [0.25, 0.3) is 0 Å². The minimum atomic E-state index is -4.25. The van der Waals surface area contributed by atoms with Crippen LogP contribution in [0.3, 0.4) is 0 Å². The van der Waals surface area contributed by atoms with Gasteiger partial charge in [-0.3, -0.25) is 0 Å². The Hall–Kier alpha value is -0.290. The average molecular weight is 228 g/mol. The van der Waals surface area contributed by atoms with Crippen LogP contribution in [0.15, 0.2) is 0 Å². The van der Waals surface area contributed by atoms with Crippen molar-refractivity contribution in [2.24, 2.45) is 5.92 Å². The van der Waals surface area contributed by atoms with Crippen molar-refractivity contribution in [3.05, 3.63) is 0 Å². The summed E-state index contributed by atoms with van der Waals surface area (Å²) in [6.07, 6.45) is -3.05. The molecule has 0 aromatic carbocycles. The van der Waals surface area contributed by atoms with Gasteiger partial charge in [0, 0.05) is 6.61 Å². The third-order valence-corrected chi connectivity index (χ3v) is 1.84. The molecule has 0 aliphatic heterocycles. The van der Waals surface area contributed by atoms with Crippen molar-refractivity contribution in [1.82, 2.24) is 0 Å². The van der Waals surface area contributed by atoms with Crippen LogP contribution in [0.5, 0.6) is 0 Å². The molecule has 0 amide bonds. The van der Waals surface area contributed by atoms with E-state index < -0.39 is 18.9 Å². The zero-order valence-corrected chi connectivity index (χ0v) is 9.18. The van der Waals surface area contributed by atoms with Crippen molar-refractivity contribution in [2.45, 2.75) is 45.4 Å². The van der Waals surface area contributed by atoms with Gasteiger partial charge in [0.1, 0.15) is 6.61 Å². The normalized spacial score (nSPS) is 14.6. The van der Waals surface area contributed by atoms with Crippen molar-refractivity contribution < 1.29 is 23.0 Å². The number of aliphatic hydroxyl groups excluding tert-OH is 1. The highest BCUT2D eigenvalue weighted by Gasteiger charge is 2.27. The molecule has 0 aliphatic carbocycles. The topological polar surface area (TPSA) is 29.5 Å². The van der Waals surface area contributed by atoms with Crippen LogP contribution in [-0.4, -0.2) is 30.6 Å². The van der Waals surface area contributed by atoms with E-state index in [-0.39, 0.29) is 6.61 Å². The average Bonchev–Trinajstić information content (AvgIpc) is 1.99. The lowest BCUT2D eigenvalue weighted by atomic mass is 10.0. The Morgan fingerprint density at radius 3 is 2.33 bits per heavy atom. The van der Waals surface area contributed by atoms with Gasteiger partial charge in [0.05, 0.1) is 6.10 Å². The number of hydrogen-bond donors (Lipinski definition) is 1. The minimum absolute atomic E-state index is 0.0503. The Bertz CT molecular complexity index is 157. The smallest absolute Gasteiger partial charge is 0.393 e. The number of alkyl halides is 3. The predicted octanol–water partition coefficient (Wildman–Crippen LogP) is 2.75. The second kappa shape index (κ2) is 7.06. The Labute approximate surface area is 88.4 Å². The third-order valence-electron chi connectivity index (χ3n) is 1.84. The monoisotopic (exact) mass is 228 g/mol. The van der Waals surface area contributed by atoms with E-state index in [2.05, 4.69) is 4.74 Å². The fourth-order valence-corrected chi connectivity index (χ4v) is 1.27. The molecule has 2 nitrogen and oxygen atoms in total. The van der Waals surface area contributed by atoms with E-state index in [9.17, 15) is 18.3 Å². The molecule has 0 bridgehead atoms. The first kappa shape index (κ1) is 14.7. The Morgan fingerprint density at radius 2 is 1.87 bits per heavy atom. The summed E-state index contributed by atoms with van der Waals surface area (Å²) in [5, 5.41) is 9.40. The molecule has 15 heavy (non-hydrogen) atoms. The van der Waals surface area contributed by atoms with Crippen molar-refractivity contribution in [3.8, 4) is 0 Å². The van der Waals surface area contributed by atoms with Gasteiger partial charge in [0.25, 0.3) is 0 Å². The largest absolute Gasteiger partial charge is 0.411 e. The van der Waals surface area contributed by atoms with Gasteiger partial charge in [-0.15, -0.1) is 0 Å². The van der Waals surface area contributed by atoms with Gasteiger partial charge in [-0.05, 0) is 25.2 Å². The molecule has 0 spiro atoms. The molecule has 0 aromatic heterocycles. The summed E-state index contributed by atoms with van der Waals surface area (Å²) in [7, 11) is 0. The maximum Gasteiger partial charge on any atom is 0.411 e. The summed E-state index contributed by atoms with van der Waals surface area (Å²) in [5.74, 6) is 0.399. The lowest BCUT2D eigenvalue weighted by molar-refractivity contribution is -0.174. The summed E-state index contributed by atoms with van der Waals surface area (Å²) in [6.45, 7) is 2.83. The third kappa shape index (κ3) is 11.6. The van der Waals surface area contributed by atoms with Crippen LogP contribution in [0.2, 0.25) is 0 Å². The molecule has 0 aliphatic rings. The first-order valence-corrected chi connectivity index (χ1v) is 5.14. The van der Waals surface area contributed by atoms with E-state index in [1.165, 1.54) is 0 Å². The maximum atomic E-state index is 11.6. The van der Waals surface area contributed by atoms with Crippen molar-refractivity contribution >= 4 is 0 Å². The van der Waals surface area contributed by atoms with E-state index in [0.717, 1.165) is 0 Å². The van der Waals surface area contributed by atoms with E-state index in [0.29, 0.717) is 25.2 Å². The van der Waals surface area contributed by atoms with E-state index in [1.807, 2.05) is 13.8 Å². The molecule has 1 atom stereocenters. The molecule has 0 fully saturated rings. The summed E-state index contributed by atoms with van der Waals surface area (Å²) < 4.78 is 39.3. The Kier molecular flexibility index (Phi) is 6.92. The molecular formula is C10H19F3O2. The molecule has 0 heterocycles. The van der Waals surface area contributed by atoms with Gasteiger partial charge < -0.3 is 9.84 Å². The van der Waals surface area contributed by atoms with Crippen LogP contribution in [-0.2, 0) is 4.74 Å². The van der Waals surface area contributed by atoms with Gasteiger partial charge in [-0.1, -0.05) is 13.8 Å². The van der Waals surface area contributed by atoms with Crippen LogP contribution in [0.4, 0.5) is 13.2 Å². The lowest BCUT2D eigenvalue weighted by Crippen LogP contribution is -2.18. The maximum absolute atomic E-state index is 11.6. The van der Waals surface area contributed by atoms with Gasteiger partial charge in [0.15, 0.2) is 0 Å². The van der Waals surface area contributed by atoms with Gasteiger partial charge >= 0.3 is 6.18 Å². The summed E-state index contributed by atoms with van der Waals surface area (Å²) >= 11 is 0. The van der Waals surface area contributed by atoms with Gasteiger partial charge in [0.2, 0.25) is 0 Å². The van der Waals surface area contributed by atoms with E-state index in [1.54, 1.807) is 0 Å². The molecule has 92 valence electrons. The molecule has 1 unspecified atom stereocenters. The molecule has 1 N–H and O–H groups in total. The van der Waals surface area contributed by atoms with Crippen molar-refractivity contribution in [1.29, 1.82) is 0 Å². The number of ether oxygens (including phenoxy) is 1. The summed E-state index contributed by atoms with van der Waals surface area (Å²) in [6, 6.07) is 0. The molecule has 0 saturated heterocycles. The van der Waals surface area contributed by atoms with E-state index >= 15 is 0 Å². The second-order valence-electron chi connectivity index (χ2n) is 4.09. The van der Waals surface area contributed by atoms with Gasteiger partial charge in [-0.2, -0.15) is 13.2 Å². The molecule has 0 saturated carbocycles. The standard InChI is InChI=1S/C10H19F3O2/c1-8(2)6-9(14)4-3-5-15-7-10(11,12)13/h8-9,14H,3-7H2,1-2H3. The quantitative estimate of drug-likeness (QED) is 0.679. The molecule has 0 radical (unpaired) electrons. The minimum Gasteiger partial charge on any atom is -0.393 e. The number of halogens is 3. The molecular weight excluding hydrogens is 209 g/mol. The van der Waals surface area contributed by atoms with Crippen molar-refractivity contribution in [3.63, 3.8) is 0 Å². The number of aliphatic hydroxyl groups is 1.